The zero-order valence-corrected chi connectivity index (χ0v) is 23.0. The van der Waals surface area contributed by atoms with Crippen molar-refractivity contribution >= 4 is 16.9 Å². The van der Waals surface area contributed by atoms with Crippen molar-refractivity contribution in [2.45, 2.75) is 90.6 Å². The van der Waals surface area contributed by atoms with E-state index >= 15 is 0 Å². The van der Waals surface area contributed by atoms with Crippen LogP contribution < -0.4 is 4.74 Å². The number of alkyl halides is 3. The fourth-order valence-electron chi connectivity index (χ4n) is 5.78. The summed E-state index contributed by atoms with van der Waals surface area (Å²) >= 11 is 0. The minimum absolute atomic E-state index is 0.0837. The molecule has 1 aliphatic carbocycles. The number of halogens is 3. The Balaban J connectivity index is 1.63. The third kappa shape index (κ3) is 6.34. The lowest BCUT2D eigenvalue weighted by atomic mass is 9.97. The van der Waals surface area contributed by atoms with E-state index in [1.54, 1.807) is 6.07 Å². The minimum atomic E-state index is -4.56. The van der Waals surface area contributed by atoms with Crippen LogP contribution in [0, 0.1) is 5.92 Å². The van der Waals surface area contributed by atoms with Gasteiger partial charge in [-0.2, -0.15) is 13.2 Å². The molecule has 0 radical (unpaired) electrons. The van der Waals surface area contributed by atoms with Gasteiger partial charge in [-0.25, -0.2) is 4.79 Å². The molecule has 4 rings (SSSR count). The highest BCUT2D eigenvalue weighted by molar-refractivity contribution is 5.88. The Kier molecular flexibility index (Phi) is 9.08. The highest BCUT2D eigenvalue weighted by Crippen LogP contribution is 2.43. The Labute approximate surface area is 228 Å². The molecule has 2 aromatic carbocycles. The number of carbonyl (C=O) groups excluding carboxylic acids is 1. The van der Waals surface area contributed by atoms with Crippen molar-refractivity contribution in [3.63, 3.8) is 0 Å². The number of fused-ring (bicyclic) bond motifs is 1. The molecular weight excluding hydrogens is 503 g/mol. The van der Waals surface area contributed by atoms with Crippen molar-refractivity contribution < 1.29 is 27.4 Å². The summed E-state index contributed by atoms with van der Waals surface area (Å²) in [5.74, 6) is -2.38. The number of aromatic nitrogens is 1. The van der Waals surface area contributed by atoms with Gasteiger partial charge >= 0.3 is 12.1 Å². The van der Waals surface area contributed by atoms with E-state index in [0.717, 1.165) is 35.5 Å². The van der Waals surface area contributed by atoms with E-state index in [9.17, 15) is 18.0 Å². The Hall–Kier alpha value is -3.22. The maximum absolute atomic E-state index is 14.0. The second-order valence-corrected chi connectivity index (χ2v) is 10.3. The zero-order chi connectivity index (χ0) is 28.2. The van der Waals surface area contributed by atoms with Crippen molar-refractivity contribution in [2.24, 2.45) is 5.92 Å². The summed E-state index contributed by atoms with van der Waals surface area (Å²) in [7, 11) is 0. The SMILES string of the molecule is C=CC(=O)OC1CCC(Oc2ccc3cc(-c4ccc(CCCCC)cc4CC)n(CC)c3c2)C1C(F)(F)F. The summed E-state index contributed by atoms with van der Waals surface area (Å²) in [6, 6.07) is 14.3. The normalized spacial score (nSPS) is 19.4. The first-order valence-corrected chi connectivity index (χ1v) is 14.0. The minimum Gasteiger partial charge on any atom is -0.490 e. The summed E-state index contributed by atoms with van der Waals surface area (Å²) in [6.45, 7) is 10.4. The molecule has 0 amide bonds. The maximum Gasteiger partial charge on any atom is 0.398 e. The monoisotopic (exact) mass is 541 g/mol. The van der Waals surface area contributed by atoms with E-state index in [2.05, 4.69) is 56.2 Å². The third-order valence-electron chi connectivity index (χ3n) is 7.72. The van der Waals surface area contributed by atoms with Crippen molar-refractivity contribution in [1.82, 2.24) is 4.57 Å². The number of unbranched alkanes of at least 4 members (excludes halogenated alkanes) is 2. The van der Waals surface area contributed by atoms with Gasteiger partial charge in [-0.3, -0.25) is 0 Å². The molecule has 0 saturated heterocycles. The molecule has 1 aromatic heterocycles. The Morgan fingerprint density at radius 3 is 2.49 bits per heavy atom. The lowest BCUT2D eigenvalue weighted by Crippen LogP contribution is -2.41. The molecule has 0 aliphatic heterocycles. The maximum atomic E-state index is 14.0. The molecule has 1 saturated carbocycles. The van der Waals surface area contributed by atoms with E-state index in [1.165, 1.54) is 36.0 Å². The zero-order valence-electron chi connectivity index (χ0n) is 23.0. The van der Waals surface area contributed by atoms with Crippen LogP contribution in [0.1, 0.15) is 64.0 Å². The fraction of sp³-hybridized carbons (Fsp3) is 0.469. The van der Waals surface area contributed by atoms with Gasteiger partial charge in [-0.1, -0.05) is 51.5 Å². The number of hydrogen-bond acceptors (Lipinski definition) is 3. The number of hydrogen-bond donors (Lipinski definition) is 0. The molecule has 1 heterocycles. The van der Waals surface area contributed by atoms with Crippen LogP contribution in [0.3, 0.4) is 0 Å². The van der Waals surface area contributed by atoms with E-state index in [-0.39, 0.29) is 12.8 Å². The van der Waals surface area contributed by atoms with E-state index in [0.29, 0.717) is 12.3 Å². The molecule has 0 N–H and O–H groups in total. The van der Waals surface area contributed by atoms with Gasteiger partial charge in [0.15, 0.2) is 0 Å². The second kappa shape index (κ2) is 12.3. The number of ether oxygens (including phenoxy) is 2. The van der Waals surface area contributed by atoms with Crippen molar-refractivity contribution in [3.8, 4) is 17.0 Å². The van der Waals surface area contributed by atoms with Crippen LogP contribution in [0.4, 0.5) is 13.2 Å². The summed E-state index contributed by atoms with van der Waals surface area (Å²) in [4.78, 5) is 11.6. The molecular formula is C32H38F3NO3. The number of rotatable bonds is 11. The van der Waals surface area contributed by atoms with Crippen LogP contribution in [0.2, 0.25) is 0 Å². The average molecular weight is 542 g/mol. The smallest absolute Gasteiger partial charge is 0.398 e. The van der Waals surface area contributed by atoms with Crippen LogP contribution in [0.15, 0.2) is 55.1 Å². The standard InChI is InChI=1S/C32H38F3NO3/c1-5-9-10-11-21-12-15-25(22(6-2)18-21)27-19-23-13-14-24(20-26(23)36(27)8-4)38-28-16-17-29(39-30(37)7-3)31(28)32(33,34)35/h7,12-15,18-20,28-29,31H,3,5-6,8-11,16-17H2,1-2,4H3. The number of benzene rings is 2. The quantitative estimate of drug-likeness (QED) is 0.139. The molecule has 0 bridgehead atoms. The van der Waals surface area contributed by atoms with Gasteiger partial charge in [0.1, 0.15) is 23.9 Å². The molecule has 4 nitrogen and oxygen atoms in total. The first-order valence-electron chi connectivity index (χ1n) is 14.0. The molecule has 3 aromatic rings. The van der Waals surface area contributed by atoms with Crippen LogP contribution in [0.25, 0.3) is 22.2 Å². The van der Waals surface area contributed by atoms with Crippen molar-refractivity contribution in [2.75, 3.05) is 0 Å². The van der Waals surface area contributed by atoms with Crippen molar-refractivity contribution in [3.05, 3.63) is 66.2 Å². The van der Waals surface area contributed by atoms with Crippen LogP contribution in [0.5, 0.6) is 5.75 Å². The number of aryl methyl sites for hydroxylation is 3. The lowest BCUT2D eigenvalue weighted by molar-refractivity contribution is -0.214. The summed E-state index contributed by atoms with van der Waals surface area (Å²) < 4.78 is 55.1. The molecule has 1 fully saturated rings. The van der Waals surface area contributed by atoms with Crippen LogP contribution >= 0.6 is 0 Å². The van der Waals surface area contributed by atoms with Gasteiger partial charge in [-0.15, -0.1) is 0 Å². The Morgan fingerprint density at radius 2 is 1.82 bits per heavy atom. The molecule has 3 unspecified atom stereocenters. The summed E-state index contributed by atoms with van der Waals surface area (Å²) in [5, 5.41) is 1.00. The lowest BCUT2D eigenvalue weighted by Gasteiger charge is -2.27. The predicted molar refractivity (Wildman–Crippen MR) is 149 cm³/mol. The molecule has 210 valence electrons. The highest BCUT2D eigenvalue weighted by Gasteiger charge is 2.55. The first kappa shape index (κ1) is 28.8. The molecule has 1 aliphatic rings. The largest absolute Gasteiger partial charge is 0.490 e. The Morgan fingerprint density at radius 1 is 1.05 bits per heavy atom. The molecule has 0 spiro atoms. The van der Waals surface area contributed by atoms with Crippen LogP contribution in [-0.2, 0) is 28.9 Å². The number of carbonyl (C=O) groups is 1. The molecule has 3 atom stereocenters. The number of nitrogens with zero attached hydrogens (tertiary/aromatic N) is 1. The van der Waals surface area contributed by atoms with Crippen molar-refractivity contribution in [1.29, 1.82) is 0 Å². The van der Waals surface area contributed by atoms with E-state index in [1.807, 2.05) is 12.1 Å². The number of esters is 1. The predicted octanol–water partition coefficient (Wildman–Crippen LogP) is 8.44. The molecule has 39 heavy (non-hydrogen) atoms. The topological polar surface area (TPSA) is 40.5 Å². The van der Waals surface area contributed by atoms with E-state index in [4.69, 9.17) is 9.47 Å². The van der Waals surface area contributed by atoms with Gasteiger partial charge < -0.3 is 14.0 Å². The van der Waals surface area contributed by atoms with Gasteiger partial charge in [-0.05, 0) is 68.4 Å². The van der Waals surface area contributed by atoms with Crippen LogP contribution in [-0.4, -0.2) is 28.9 Å². The van der Waals surface area contributed by atoms with Gasteiger partial charge in [0, 0.05) is 35.3 Å². The van der Waals surface area contributed by atoms with E-state index < -0.39 is 30.3 Å². The molecule has 7 heteroatoms. The fourth-order valence-corrected chi connectivity index (χ4v) is 5.78. The van der Waals surface area contributed by atoms with Gasteiger partial charge in [0.2, 0.25) is 0 Å². The summed E-state index contributed by atoms with van der Waals surface area (Å²) in [5.41, 5.74) is 5.82. The Bertz CT molecular complexity index is 1310. The highest BCUT2D eigenvalue weighted by atomic mass is 19.4. The van der Waals surface area contributed by atoms with Gasteiger partial charge in [0.05, 0.1) is 5.52 Å². The summed E-state index contributed by atoms with van der Waals surface area (Å²) in [6.07, 6.45) is -0.281. The first-order chi connectivity index (χ1) is 18.7. The average Bonchev–Trinajstić information content (AvgIpc) is 3.48. The van der Waals surface area contributed by atoms with Gasteiger partial charge in [0.25, 0.3) is 0 Å². The second-order valence-electron chi connectivity index (χ2n) is 10.3. The third-order valence-corrected chi connectivity index (χ3v) is 7.72.